The Labute approximate surface area is 178 Å². The van der Waals surface area contributed by atoms with Crippen LogP contribution in [0.1, 0.15) is 33.4 Å². The van der Waals surface area contributed by atoms with Crippen LogP contribution >= 0.6 is 0 Å². The number of hydrogen-bond acceptors (Lipinski definition) is 5. The van der Waals surface area contributed by atoms with Crippen molar-refractivity contribution in [2.75, 3.05) is 26.1 Å². The number of amides is 2. The second-order valence-electron chi connectivity index (χ2n) is 7.03. The molecule has 160 valence electrons. The predicted octanol–water partition coefficient (Wildman–Crippen LogP) is 3.30. The minimum absolute atomic E-state index is 0.149. The van der Waals surface area contributed by atoms with Crippen LogP contribution < -0.4 is 14.8 Å². The van der Waals surface area contributed by atoms with Crippen molar-refractivity contribution in [1.29, 1.82) is 0 Å². The highest BCUT2D eigenvalue weighted by atomic mass is 16.5. The number of benzene rings is 2. The van der Waals surface area contributed by atoms with Crippen molar-refractivity contribution in [3.8, 4) is 11.5 Å². The molecule has 0 fully saturated rings. The number of urea groups is 1. The fourth-order valence-corrected chi connectivity index (χ4v) is 3.75. The molecule has 1 aliphatic heterocycles. The number of carboxylic acids is 1. The summed E-state index contributed by atoms with van der Waals surface area (Å²) in [4.78, 5) is 33.6. The van der Waals surface area contributed by atoms with Gasteiger partial charge in [0, 0.05) is 29.9 Å². The van der Waals surface area contributed by atoms with Crippen molar-refractivity contribution in [2.45, 2.75) is 12.5 Å². The first-order valence-corrected chi connectivity index (χ1v) is 9.67. The normalized spacial score (nSPS) is 15.2. The van der Waals surface area contributed by atoms with Gasteiger partial charge in [-0.1, -0.05) is 0 Å². The first-order chi connectivity index (χ1) is 15.0. The number of fused-ring (bicyclic) bond motifs is 1. The Morgan fingerprint density at radius 1 is 1.16 bits per heavy atom. The number of nitrogens with one attached hydrogen (secondary N) is 2. The Hall–Kier alpha value is -4.01. The summed E-state index contributed by atoms with van der Waals surface area (Å²) < 4.78 is 10.9. The summed E-state index contributed by atoms with van der Waals surface area (Å²) in [6, 6.07) is 10.6. The molecule has 3 aromatic rings. The zero-order valence-corrected chi connectivity index (χ0v) is 17.1. The molecular weight excluding hydrogens is 400 g/mol. The first-order valence-electron chi connectivity index (χ1n) is 9.67. The lowest BCUT2D eigenvalue weighted by atomic mass is 9.95. The number of nitrogens with zero attached hydrogens (tertiary/aromatic N) is 2. The largest absolute Gasteiger partial charge is 0.497 e. The molecule has 0 aliphatic carbocycles. The van der Waals surface area contributed by atoms with Crippen LogP contribution in [0.2, 0.25) is 0 Å². The Balaban J connectivity index is 1.69. The van der Waals surface area contributed by atoms with E-state index in [1.165, 1.54) is 12.1 Å². The lowest BCUT2D eigenvalue weighted by Gasteiger charge is -2.35. The third kappa shape index (κ3) is 3.89. The average molecular weight is 422 g/mol. The third-order valence-corrected chi connectivity index (χ3v) is 5.30. The Morgan fingerprint density at radius 3 is 2.61 bits per heavy atom. The van der Waals surface area contributed by atoms with E-state index in [1.807, 2.05) is 6.07 Å². The van der Waals surface area contributed by atoms with Gasteiger partial charge in [0.15, 0.2) is 0 Å². The molecule has 4 rings (SSSR count). The predicted molar refractivity (Wildman–Crippen MR) is 113 cm³/mol. The molecule has 0 spiro atoms. The smallest absolute Gasteiger partial charge is 0.335 e. The van der Waals surface area contributed by atoms with Gasteiger partial charge in [-0.25, -0.2) is 14.6 Å². The van der Waals surface area contributed by atoms with Gasteiger partial charge < -0.3 is 29.8 Å². The molecular formula is C22H22N4O5. The SMILES string of the molecule is COc1ccc(OC)c(C2c3nc[nH]c3CCN2C(=O)Nc2ccc(C(=O)O)cc2)c1. The molecule has 2 amide bonds. The van der Waals surface area contributed by atoms with Gasteiger partial charge in [-0.05, 0) is 42.5 Å². The van der Waals surface area contributed by atoms with Crippen LogP contribution in [0.5, 0.6) is 11.5 Å². The van der Waals surface area contributed by atoms with Crippen LogP contribution in [-0.4, -0.2) is 52.7 Å². The zero-order valence-electron chi connectivity index (χ0n) is 17.1. The van der Waals surface area contributed by atoms with Crippen LogP contribution in [0.3, 0.4) is 0 Å². The van der Waals surface area contributed by atoms with Gasteiger partial charge >= 0.3 is 12.0 Å². The topological polar surface area (TPSA) is 117 Å². The molecule has 2 aromatic carbocycles. The number of aromatic amines is 1. The molecule has 1 aliphatic rings. The fraction of sp³-hybridized carbons (Fsp3) is 0.227. The second kappa shape index (κ2) is 8.39. The van der Waals surface area contributed by atoms with Crippen molar-refractivity contribution < 1.29 is 24.2 Å². The summed E-state index contributed by atoms with van der Waals surface area (Å²) in [6.45, 7) is 0.458. The molecule has 3 N–H and O–H groups in total. The highest BCUT2D eigenvalue weighted by molar-refractivity contribution is 5.92. The van der Waals surface area contributed by atoms with Crippen molar-refractivity contribution >= 4 is 17.7 Å². The van der Waals surface area contributed by atoms with Gasteiger partial charge in [-0.15, -0.1) is 0 Å². The van der Waals surface area contributed by atoms with Gasteiger partial charge in [0.05, 0.1) is 31.8 Å². The fourth-order valence-electron chi connectivity index (χ4n) is 3.75. The summed E-state index contributed by atoms with van der Waals surface area (Å²) >= 11 is 0. The number of H-pyrrole nitrogens is 1. The Bertz CT molecular complexity index is 1110. The molecule has 2 heterocycles. The van der Waals surface area contributed by atoms with Crippen molar-refractivity contribution in [3.05, 3.63) is 71.3 Å². The van der Waals surface area contributed by atoms with Gasteiger partial charge in [0.25, 0.3) is 0 Å². The van der Waals surface area contributed by atoms with E-state index in [-0.39, 0.29) is 11.6 Å². The number of aromatic nitrogens is 2. The molecule has 31 heavy (non-hydrogen) atoms. The van der Waals surface area contributed by atoms with Crippen LogP contribution in [0.15, 0.2) is 48.8 Å². The summed E-state index contributed by atoms with van der Waals surface area (Å²) in [5.41, 5.74) is 3.11. The highest BCUT2D eigenvalue weighted by Crippen LogP contribution is 2.39. The molecule has 0 bridgehead atoms. The number of aromatic carboxylic acids is 1. The molecule has 0 saturated heterocycles. The summed E-state index contributed by atoms with van der Waals surface area (Å²) in [5.74, 6) is 0.235. The van der Waals surface area contributed by atoms with E-state index in [0.717, 1.165) is 17.0 Å². The molecule has 9 heteroatoms. The Kier molecular flexibility index (Phi) is 5.48. The van der Waals surface area contributed by atoms with Gasteiger partial charge in [-0.3, -0.25) is 0 Å². The summed E-state index contributed by atoms with van der Waals surface area (Å²) in [6.07, 6.45) is 2.25. The minimum atomic E-state index is -1.02. The lowest BCUT2D eigenvalue weighted by Crippen LogP contribution is -2.43. The van der Waals surface area contributed by atoms with Crippen LogP contribution in [0.4, 0.5) is 10.5 Å². The van der Waals surface area contributed by atoms with E-state index in [9.17, 15) is 9.59 Å². The van der Waals surface area contributed by atoms with Crippen molar-refractivity contribution in [3.63, 3.8) is 0 Å². The summed E-state index contributed by atoms with van der Waals surface area (Å²) in [5, 5.41) is 11.9. The quantitative estimate of drug-likeness (QED) is 0.581. The molecule has 1 atom stereocenters. The first kappa shape index (κ1) is 20.3. The molecule has 0 radical (unpaired) electrons. The van der Waals surface area contributed by atoms with E-state index in [1.54, 1.807) is 49.7 Å². The van der Waals surface area contributed by atoms with Crippen molar-refractivity contribution in [2.24, 2.45) is 0 Å². The van der Waals surface area contributed by atoms with E-state index in [2.05, 4.69) is 15.3 Å². The molecule has 1 aromatic heterocycles. The Morgan fingerprint density at radius 2 is 1.94 bits per heavy atom. The highest BCUT2D eigenvalue weighted by Gasteiger charge is 2.36. The number of carbonyl (C=O) groups is 2. The van der Waals surface area contributed by atoms with E-state index in [4.69, 9.17) is 14.6 Å². The second-order valence-corrected chi connectivity index (χ2v) is 7.03. The number of imidazole rings is 1. The standard InChI is InChI=1S/C22H22N4O5/c1-30-15-7-8-18(31-2)16(11-15)20-19-17(23-12-24-19)9-10-26(20)22(29)25-14-5-3-13(4-6-14)21(27)28/h3-8,11-12,20H,9-10H2,1-2H3,(H,23,24)(H,25,29)(H,27,28). The number of rotatable bonds is 5. The van der Waals surface area contributed by atoms with E-state index in [0.29, 0.717) is 30.2 Å². The zero-order chi connectivity index (χ0) is 22.0. The number of anilines is 1. The third-order valence-electron chi connectivity index (χ3n) is 5.30. The van der Waals surface area contributed by atoms with E-state index >= 15 is 0 Å². The van der Waals surface area contributed by atoms with Crippen LogP contribution in [-0.2, 0) is 6.42 Å². The van der Waals surface area contributed by atoms with Gasteiger partial charge in [0.1, 0.15) is 17.5 Å². The maximum Gasteiger partial charge on any atom is 0.335 e. The lowest BCUT2D eigenvalue weighted by molar-refractivity contribution is 0.0697. The molecule has 1 unspecified atom stereocenters. The number of methoxy groups -OCH3 is 2. The summed E-state index contributed by atoms with van der Waals surface area (Å²) in [7, 11) is 3.16. The number of ether oxygens (including phenoxy) is 2. The van der Waals surface area contributed by atoms with Crippen molar-refractivity contribution in [1.82, 2.24) is 14.9 Å². The number of hydrogen-bond donors (Lipinski definition) is 3. The minimum Gasteiger partial charge on any atom is -0.497 e. The van der Waals surface area contributed by atoms with E-state index < -0.39 is 12.0 Å². The molecule has 9 nitrogen and oxygen atoms in total. The van der Waals surface area contributed by atoms with Crippen LogP contribution in [0.25, 0.3) is 0 Å². The molecule has 0 saturated carbocycles. The monoisotopic (exact) mass is 422 g/mol. The maximum absolute atomic E-state index is 13.2. The van der Waals surface area contributed by atoms with Gasteiger partial charge in [-0.2, -0.15) is 0 Å². The van der Waals surface area contributed by atoms with Gasteiger partial charge in [0.2, 0.25) is 0 Å². The van der Waals surface area contributed by atoms with Crippen LogP contribution in [0, 0.1) is 0 Å². The number of carboxylic acid groups (broad SMARTS) is 1. The average Bonchev–Trinajstić information content (AvgIpc) is 3.27. The number of carbonyl (C=O) groups excluding carboxylic acids is 1. The maximum atomic E-state index is 13.2.